The van der Waals surface area contributed by atoms with Crippen molar-refractivity contribution in [1.29, 1.82) is 0 Å². The highest BCUT2D eigenvalue weighted by molar-refractivity contribution is 7.10. The van der Waals surface area contributed by atoms with E-state index in [9.17, 15) is 9.59 Å². The van der Waals surface area contributed by atoms with Gasteiger partial charge in [-0.1, -0.05) is 23.8 Å². The molecule has 5 nitrogen and oxygen atoms in total. The van der Waals surface area contributed by atoms with E-state index in [1.54, 1.807) is 16.2 Å². The van der Waals surface area contributed by atoms with E-state index in [4.69, 9.17) is 0 Å². The lowest BCUT2D eigenvalue weighted by Gasteiger charge is -2.41. The topological polar surface area (TPSA) is 52.7 Å². The van der Waals surface area contributed by atoms with E-state index in [1.807, 2.05) is 67.7 Å². The smallest absolute Gasteiger partial charge is 0.227 e. The second-order valence-corrected chi connectivity index (χ2v) is 8.05. The van der Waals surface area contributed by atoms with Gasteiger partial charge in [0, 0.05) is 37.1 Å². The maximum Gasteiger partial charge on any atom is 0.227 e. The summed E-state index contributed by atoms with van der Waals surface area (Å²) in [5.41, 5.74) is 2.01. The van der Waals surface area contributed by atoms with Crippen molar-refractivity contribution in [3.63, 3.8) is 0 Å². The summed E-state index contributed by atoms with van der Waals surface area (Å²) in [6, 6.07) is 11.7. The number of aryl methyl sites for hydroxylation is 1. The number of likely N-dealkylation sites (N-methyl/N-ethyl adjacent to an activating group) is 2. The molecule has 27 heavy (non-hydrogen) atoms. The molecule has 0 bridgehead atoms. The molecule has 2 heterocycles. The first-order valence-electron chi connectivity index (χ1n) is 9.34. The molecule has 2 aromatic rings. The third-order valence-electron chi connectivity index (χ3n) is 5.13. The molecule has 6 heteroatoms. The molecule has 0 spiro atoms. The number of carbonyl (C=O) groups is 2. The molecule has 1 aliphatic rings. The van der Waals surface area contributed by atoms with Crippen molar-refractivity contribution in [2.75, 3.05) is 32.1 Å². The van der Waals surface area contributed by atoms with Crippen molar-refractivity contribution in [1.82, 2.24) is 10.2 Å². The van der Waals surface area contributed by atoms with Crippen LogP contribution in [0.3, 0.4) is 0 Å². The van der Waals surface area contributed by atoms with Crippen molar-refractivity contribution in [3.05, 3.63) is 52.2 Å². The van der Waals surface area contributed by atoms with Crippen LogP contribution in [-0.2, 0) is 9.59 Å². The molecule has 1 N–H and O–H groups in total. The Kier molecular flexibility index (Phi) is 6.29. The fourth-order valence-electron chi connectivity index (χ4n) is 3.62. The molecule has 2 amide bonds. The molecular formula is C21H27N3O2S. The van der Waals surface area contributed by atoms with E-state index in [0.29, 0.717) is 19.4 Å². The molecule has 2 atom stereocenters. The molecule has 1 aromatic carbocycles. The number of hydrogen-bond donors (Lipinski definition) is 1. The van der Waals surface area contributed by atoms with Gasteiger partial charge < -0.3 is 15.1 Å². The van der Waals surface area contributed by atoms with Gasteiger partial charge in [0.15, 0.2) is 0 Å². The third kappa shape index (κ3) is 4.22. The van der Waals surface area contributed by atoms with Gasteiger partial charge in [0.25, 0.3) is 0 Å². The van der Waals surface area contributed by atoms with Crippen LogP contribution in [0.5, 0.6) is 0 Å². The fraction of sp³-hybridized carbons (Fsp3) is 0.429. The quantitative estimate of drug-likeness (QED) is 0.831. The van der Waals surface area contributed by atoms with Crippen LogP contribution in [0.25, 0.3) is 0 Å². The van der Waals surface area contributed by atoms with Crippen molar-refractivity contribution in [2.45, 2.75) is 25.8 Å². The highest BCUT2D eigenvalue weighted by Crippen LogP contribution is 2.42. The van der Waals surface area contributed by atoms with Gasteiger partial charge in [-0.05, 0) is 44.0 Å². The normalized spacial score (nSPS) is 20.0. The van der Waals surface area contributed by atoms with Crippen LogP contribution in [0, 0.1) is 12.8 Å². The maximum absolute atomic E-state index is 13.2. The predicted octanol–water partition coefficient (Wildman–Crippen LogP) is 3.22. The Hall–Kier alpha value is -2.18. The van der Waals surface area contributed by atoms with Crippen molar-refractivity contribution < 1.29 is 9.59 Å². The minimum absolute atomic E-state index is 0.0826. The summed E-state index contributed by atoms with van der Waals surface area (Å²) >= 11 is 1.61. The first-order chi connectivity index (χ1) is 13.0. The Bertz CT molecular complexity index is 773. The molecule has 2 unspecified atom stereocenters. The molecular weight excluding hydrogens is 358 g/mol. The Balaban J connectivity index is 1.97. The van der Waals surface area contributed by atoms with Gasteiger partial charge in [0.05, 0.1) is 12.0 Å². The summed E-state index contributed by atoms with van der Waals surface area (Å²) in [4.78, 5) is 30.8. The van der Waals surface area contributed by atoms with Crippen LogP contribution >= 0.6 is 11.3 Å². The average molecular weight is 386 g/mol. The van der Waals surface area contributed by atoms with Crippen LogP contribution in [-0.4, -0.2) is 43.9 Å². The first-order valence-corrected chi connectivity index (χ1v) is 10.2. The summed E-state index contributed by atoms with van der Waals surface area (Å²) in [5.74, 6) is -0.0445. The van der Waals surface area contributed by atoms with Gasteiger partial charge in [-0.2, -0.15) is 0 Å². The van der Waals surface area contributed by atoms with E-state index >= 15 is 0 Å². The number of nitrogens with zero attached hydrogens (tertiary/aromatic N) is 2. The van der Waals surface area contributed by atoms with Crippen LogP contribution in [0.4, 0.5) is 5.69 Å². The van der Waals surface area contributed by atoms with E-state index in [0.717, 1.165) is 22.7 Å². The van der Waals surface area contributed by atoms with Gasteiger partial charge in [-0.25, -0.2) is 0 Å². The molecule has 3 rings (SSSR count). The van der Waals surface area contributed by atoms with E-state index in [2.05, 4.69) is 5.32 Å². The molecule has 1 aromatic heterocycles. The molecule has 1 saturated heterocycles. The summed E-state index contributed by atoms with van der Waals surface area (Å²) in [6.07, 6.45) is 0.985. The first kappa shape index (κ1) is 19.6. The summed E-state index contributed by atoms with van der Waals surface area (Å²) in [7, 11) is 3.73. The standard InChI is InChI=1S/C21H27N3O2S/c1-15-6-8-16(9-7-15)24-19(25)11-10-17(20(24)18-5-4-14-27-18)21(26)23(3)13-12-22-2/h4-9,14,17,20,22H,10-13H2,1-3H3. The maximum atomic E-state index is 13.2. The highest BCUT2D eigenvalue weighted by Gasteiger charge is 2.42. The molecule has 144 valence electrons. The second kappa shape index (κ2) is 8.67. The molecule has 1 fully saturated rings. The van der Waals surface area contributed by atoms with Gasteiger partial charge >= 0.3 is 0 Å². The lowest BCUT2D eigenvalue weighted by Crippen LogP contribution is -2.49. The number of hydrogen-bond acceptors (Lipinski definition) is 4. The number of amides is 2. The zero-order valence-corrected chi connectivity index (χ0v) is 17.0. The van der Waals surface area contributed by atoms with Crippen LogP contribution < -0.4 is 10.2 Å². The van der Waals surface area contributed by atoms with Crippen molar-refractivity contribution in [3.8, 4) is 0 Å². The van der Waals surface area contributed by atoms with Crippen molar-refractivity contribution in [2.24, 2.45) is 5.92 Å². The summed E-state index contributed by atoms with van der Waals surface area (Å²) in [5, 5.41) is 5.09. The molecule has 1 aliphatic heterocycles. The SMILES string of the molecule is CNCCN(C)C(=O)C1CCC(=O)N(c2ccc(C)cc2)C1c1cccs1. The Labute approximate surface area is 165 Å². The van der Waals surface area contributed by atoms with Crippen molar-refractivity contribution >= 4 is 28.8 Å². The van der Waals surface area contributed by atoms with Gasteiger partial charge in [-0.3, -0.25) is 9.59 Å². The number of anilines is 1. The van der Waals surface area contributed by atoms with Crippen LogP contribution in [0.15, 0.2) is 41.8 Å². The third-order valence-corrected chi connectivity index (χ3v) is 6.08. The van der Waals surface area contributed by atoms with E-state index in [1.165, 1.54) is 0 Å². The second-order valence-electron chi connectivity index (χ2n) is 7.07. The molecule has 0 aliphatic carbocycles. The van der Waals surface area contributed by atoms with Gasteiger partial charge in [0.2, 0.25) is 11.8 Å². The summed E-state index contributed by atoms with van der Waals surface area (Å²) < 4.78 is 0. The van der Waals surface area contributed by atoms with Gasteiger partial charge in [-0.15, -0.1) is 11.3 Å². The minimum atomic E-state index is -0.251. The lowest BCUT2D eigenvalue weighted by molar-refractivity contribution is -0.137. The number of rotatable bonds is 6. The van der Waals surface area contributed by atoms with E-state index < -0.39 is 0 Å². The summed E-state index contributed by atoms with van der Waals surface area (Å²) in [6.45, 7) is 3.43. The van der Waals surface area contributed by atoms with E-state index in [-0.39, 0.29) is 23.8 Å². The van der Waals surface area contributed by atoms with Crippen LogP contribution in [0.1, 0.15) is 29.3 Å². The van der Waals surface area contributed by atoms with Crippen LogP contribution in [0.2, 0.25) is 0 Å². The number of carbonyl (C=O) groups excluding carboxylic acids is 2. The predicted molar refractivity (Wildman–Crippen MR) is 110 cm³/mol. The number of piperidine rings is 1. The largest absolute Gasteiger partial charge is 0.344 e. The lowest BCUT2D eigenvalue weighted by atomic mass is 9.86. The zero-order valence-electron chi connectivity index (χ0n) is 16.1. The van der Waals surface area contributed by atoms with Gasteiger partial charge in [0.1, 0.15) is 0 Å². The Morgan fingerprint density at radius 3 is 2.67 bits per heavy atom. The number of nitrogens with one attached hydrogen (secondary N) is 1. The Morgan fingerprint density at radius 2 is 2.04 bits per heavy atom. The molecule has 0 saturated carbocycles. The Morgan fingerprint density at radius 1 is 1.30 bits per heavy atom. The highest BCUT2D eigenvalue weighted by atomic mass is 32.1. The average Bonchev–Trinajstić information content (AvgIpc) is 3.20. The molecule has 0 radical (unpaired) electrons. The fourth-order valence-corrected chi connectivity index (χ4v) is 4.50. The number of benzene rings is 1. The monoisotopic (exact) mass is 385 g/mol. The minimum Gasteiger partial charge on any atom is -0.344 e. The number of thiophene rings is 1. The zero-order chi connectivity index (χ0) is 19.4.